The van der Waals surface area contributed by atoms with E-state index >= 15 is 0 Å². The maximum atomic E-state index is 11.8. The number of aromatic nitrogens is 1. The molecular weight excluding hydrogens is 302 g/mol. The molecule has 7 heteroatoms. The number of amides is 2. The van der Waals surface area contributed by atoms with Gasteiger partial charge in [-0.3, -0.25) is 0 Å². The second kappa shape index (κ2) is 6.50. The summed E-state index contributed by atoms with van der Waals surface area (Å²) >= 11 is 1.55. The van der Waals surface area contributed by atoms with Crippen molar-refractivity contribution in [2.24, 2.45) is 0 Å². The van der Waals surface area contributed by atoms with E-state index in [4.69, 9.17) is 9.47 Å². The first kappa shape index (κ1) is 15.1. The Morgan fingerprint density at radius 2 is 2.32 bits per heavy atom. The van der Waals surface area contributed by atoms with Crippen molar-refractivity contribution in [2.45, 2.75) is 13.0 Å². The SMILES string of the molecule is COCCNC(=O)N1CC(Oc2nc3c(C)cccc3s2)C1. The van der Waals surface area contributed by atoms with E-state index in [-0.39, 0.29) is 12.1 Å². The molecule has 1 aliphatic heterocycles. The minimum absolute atomic E-state index is 0.0223. The van der Waals surface area contributed by atoms with Crippen molar-refractivity contribution in [2.75, 3.05) is 33.4 Å². The lowest BCUT2D eigenvalue weighted by Gasteiger charge is -2.38. The number of hydrogen-bond donors (Lipinski definition) is 1. The number of hydrogen-bond acceptors (Lipinski definition) is 5. The van der Waals surface area contributed by atoms with E-state index in [0.29, 0.717) is 31.4 Å². The van der Waals surface area contributed by atoms with Gasteiger partial charge < -0.3 is 19.7 Å². The van der Waals surface area contributed by atoms with Crippen molar-refractivity contribution >= 4 is 27.6 Å². The second-order valence-electron chi connectivity index (χ2n) is 5.27. The molecule has 1 N–H and O–H groups in total. The maximum Gasteiger partial charge on any atom is 0.317 e. The average Bonchev–Trinajstić information content (AvgIpc) is 2.87. The molecule has 1 aliphatic rings. The monoisotopic (exact) mass is 321 g/mol. The van der Waals surface area contributed by atoms with Crippen LogP contribution in [0.1, 0.15) is 5.56 Å². The number of para-hydroxylation sites is 1. The molecule has 0 radical (unpaired) electrons. The van der Waals surface area contributed by atoms with Crippen molar-refractivity contribution in [1.29, 1.82) is 0 Å². The number of thiazole rings is 1. The number of likely N-dealkylation sites (tertiary alicyclic amines) is 1. The molecule has 0 atom stereocenters. The van der Waals surface area contributed by atoms with Gasteiger partial charge in [-0.25, -0.2) is 9.78 Å². The summed E-state index contributed by atoms with van der Waals surface area (Å²) in [5.74, 6) is 0. The molecule has 2 amide bonds. The van der Waals surface area contributed by atoms with Crippen LogP contribution < -0.4 is 10.1 Å². The number of carbonyl (C=O) groups is 1. The molecule has 118 valence electrons. The molecule has 1 saturated heterocycles. The maximum absolute atomic E-state index is 11.8. The molecule has 0 saturated carbocycles. The highest BCUT2D eigenvalue weighted by Gasteiger charge is 2.32. The lowest BCUT2D eigenvalue weighted by molar-refractivity contribution is 0.0438. The Morgan fingerprint density at radius 1 is 1.50 bits per heavy atom. The van der Waals surface area contributed by atoms with Gasteiger partial charge >= 0.3 is 6.03 Å². The summed E-state index contributed by atoms with van der Waals surface area (Å²) in [6.45, 7) is 4.27. The fraction of sp³-hybridized carbons (Fsp3) is 0.467. The summed E-state index contributed by atoms with van der Waals surface area (Å²) in [6.07, 6.45) is 0.0223. The number of nitrogens with zero attached hydrogens (tertiary/aromatic N) is 2. The minimum Gasteiger partial charge on any atom is -0.463 e. The summed E-state index contributed by atoms with van der Waals surface area (Å²) in [5.41, 5.74) is 2.15. The van der Waals surface area contributed by atoms with E-state index in [1.165, 1.54) is 0 Å². The fourth-order valence-corrected chi connectivity index (χ4v) is 3.27. The van der Waals surface area contributed by atoms with Crippen LogP contribution in [-0.2, 0) is 4.74 Å². The van der Waals surface area contributed by atoms with Gasteiger partial charge in [0.05, 0.1) is 29.9 Å². The summed E-state index contributed by atoms with van der Waals surface area (Å²) in [4.78, 5) is 18.0. The van der Waals surface area contributed by atoms with Crippen LogP contribution in [0.25, 0.3) is 10.2 Å². The molecule has 1 aromatic carbocycles. The lowest BCUT2D eigenvalue weighted by Crippen LogP contribution is -2.59. The molecule has 1 fully saturated rings. The Balaban J connectivity index is 1.51. The molecule has 0 bridgehead atoms. The van der Waals surface area contributed by atoms with E-state index in [0.717, 1.165) is 15.8 Å². The van der Waals surface area contributed by atoms with Crippen LogP contribution in [0.2, 0.25) is 0 Å². The molecule has 22 heavy (non-hydrogen) atoms. The van der Waals surface area contributed by atoms with E-state index in [1.54, 1.807) is 23.3 Å². The second-order valence-corrected chi connectivity index (χ2v) is 6.26. The van der Waals surface area contributed by atoms with Crippen molar-refractivity contribution in [3.8, 4) is 5.19 Å². The van der Waals surface area contributed by atoms with Gasteiger partial charge in [0, 0.05) is 13.7 Å². The standard InChI is InChI=1S/C15H19N3O3S/c1-10-4-3-5-12-13(10)17-15(22-12)21-11-8-18(9-11)14(19)16-6-7-20-2/h3-5,11H,6-9H2,1-2H3,(H,16,19). The Labute approximate surface area is 133 Å². The molecule has 0 unspecified atom stereocenters. The summed E-state index contributed by atoms with van der Waals surface area (Å²) in [7, 11) is 1.61. The van der Waals surface area contributed by atoms with Gasteiger partial charge in [0.15, 0.2) is 0 Å². The molecule has 0 spiro atoms. The largest absolute Gasteiger partial charge is 0.463 e. The lowest BCUT2D eigenvalue weighted by atomic mass is 10.2. The zero-order valence-electron chi connectivity index (χ0n) is 12.7. The van der Waals surface area contributed by atoms with Gasteiger partial charge in [-0.05, 0) is 18.6 Å². The first-order valence-corrected chi connectivity index (χ1v) is 8.03. The Morgan fingerprint density at radius 3 is 3.05 bits per heavy atom. The molecular formula is C15H19N3O3S. The summed E-state index contributed by atoms with van der Waals surface area (Å²) in [5, 5.41) is 3.47. The van der Waals surface area contributed by atoms with E-state index in [2.05, 4.69) is 10.3 Å². The van der Waals surface area contributed by atoms with Crippen molar-refractivity contribution in [3.63, 3.8) is 0 Å². The zero-order valence-corrected chi connectivity index (χ0v) is 13.5. The Hall–Kier alpha value is -1.86. The van der Waals surface area contributed by atoms with E-state index in [1.807, 2.05) is 25.1 Å². The van der Waals surface area contributed by atoms with Crippen molar-refractivity contribution < 1.29 is 14.3 Å². The number of rotatable bonds is 5. The number of fused-ring (bicyclic) bond motifs is 1. The van der Waals surface area contributed by atoms with Crippen LogP contribution in [0.5, 0.6) is 5.19 Å². The number of ether oxygens (including phenoxy) is 2. The van der Waals surface area contributed by atoms with Gasteiger partial charge in [-0.2, -0.15) is 0 Å². The van der Waals surface area contributed by atoms with Crippen LogP contribution in [0.15, 0.2) is 18.2 Å². The van der Waals surface area contributed by atoms with Gasteiger partial charge in [-0.1, -0.05) is 23.5 Å². The number of carbonyl (C=O) groups excluding carboxylic acids is 1. The van der Waals surface area contributed by atoms with E-state index in [9.17, 15) is 4.79 Å². The van der Waals surface area contributed by atoms with Crippen LogP contribution in [-0.4, -0.2) is 55.4 Å². The summed E-state index contributed by atoms with van der Waals surface area (Å²) in [6, 6.07) is 6.04. The predicted octanol–water partition coefficient (Wildman–Crippen LogP) is 2.02. The minimum atomic E-state index is -0.0722. The number of nitrogens with one attached hydrogen (secondary N) is 1. The number of methoxy groups -OCH3 is 1. The third-order valence-electron chi connectivity index (χ3n) is 3.59. The highest BCUT2D eigenvalue weighted by atomic mass is 32.1. The van der Waals surface area contributed by atoms with Crippen molar-refractivity contribution in [3.05, 3.63) is 23.8 Å². The highest BCUT2D eigenvalue weighted by Crippen LogP contribution is 2.31. The molecule has 0 aliphatic carbocycles. The molecule has 6 nitrogen and oxygen atoms in total. The fourth-order valence-electron chi connectivity index (χ4n) is 2.31. The zero-order chi connectivity index (χ0) is 15.5. The van der Waals surface area contributed by atoms with Crippen molar-refractivity contribution in [1.82, 2.24) is 15.2 Å². The average molecular weight is 321 g/mol. The molecule has 2 aromatic rings. The molecule has 3 rings (SSSR count). The highest BCUT2D eigenvalue weighted by molar-refractivity contribution is 7.20. The van der Waals surface area contributed by atoms with Crippen LogP contribution in [0.3, 0.4) is 0 Å². The normalized spacial score (nSPS) is 14.9. The van der Waals surface area contributed by atoms with E-state index < -0.39 is 0 Å². The molecule has 1 aromatic heterocycles. The summed E-state index contributed by atoms with van der Waals surface area (Å²) < 4.78 is 11.9. The van der Waals surface area contributed by atoms with Crippen LogP contribution in [0, 0.1) is 6.92 Å². The van der Waals surface area contributed by atoms with Gasteiger partial charge in [0.25, 0.3) is 5.19 Å². The smallest absolute Gasteiger partial charge is 0.317 e. The third-order valence-corrected chi connectivity index (χ3v) is 4.50. The van der Waals surface area contributed by atoms with Gasteiger partial charge in [-0.15, -0.1) is 0 Å². The van der Waals surface area contributed by atoms with Crippen LogP contribution in [0.4, 0.5) is 4.79 Å². The third kappa shape index (κ3) is 3.15. The number of urea groups is 1. The van der Waals surface area contributed by atoms with Gasteiger partial charge in [0.1, 0.15) is 6.10 Å². The first-order valence-electron chi connectivity index (χ1n) is 7.22. The number of aryl methyl sites for hydroxylation is 1. The topological polar surface area (TPSA) is 63.7 Å². The predicted molar refractivity (Wildman–Crippen MR) is 85.6 cm³/mol. The Kier molecular flexibility index (Phi) is 4.44. The first-order chi connectivity index (χ1) is 10.7. The molecule has 2 heterocycles. The van der Waals surface area contributed by atoms with Crippen LogP contribution >= 0.6 is 11.3 Å². The Bertz CT molecular complexity index is 667. The number of benzene rings is 1. The van der Waals surface area contributed by atoms with Gasteiger partial charge in [0.2, 0.25) is 0 Å². The quantitative estimate of drug-likeness (QED) is 0.856.